The predicted molar refractivity (Wildman–Crippen MR) is 231 cm³/mol. The fourth-order valence-electron chi connectivity index (χ4n) is 7.64. The zero-order valence-corrected chi connectivity index (χ0v) is 35.2. The topological polar surface area (TPSA) is 145 Å². The van der Waals surface area contributed by atoms with Gasteiger partial charge in [-0.3, -0.25) is 14.2 Å². The van der Waals surface area contributed by atoms with Crippen LogP contribution in [0.5, 0.6) is 0 Å². The molecule has 14 nitrogen and oxygen atoms in total. The normalized spacial score (nSPS) is 18.2. The van der Waals surface area contributed by atoms with Crippen LogP contribution < -0.4 is 19.6 Å². The number of nitrogens with one attached hydrogen (secondary N) is 1. The van der Waals surface area contributed by atoms with E-state index in [0.717, 1.165) is 65.9 Å². The molecule has 2 amide bonds. The van der Waals surface area contributed by atoms with Gasteiger partial charge < -0.3 is 24.6 Å². The smallest absolute Gasteiger partial charge is 0.249 e. The number of fused-ring (bicyclic) bond motifs is 2. The summed E-state index contributed by atoms with van der Waals surface area (Å²) in [6.07, 6.45) is 16.6. The van der Waals surface area contributed by atoms with E-state index in [9.17, 15) is 18.4 Å². The van der Waals surface area contributed by atoms with E-state index in [0.29, 0.717) is 23.6 Å². The van der Waals surface area contributed by atoms with Gasteiger partial charge in [-0.15, -0.1) is 0 Å². The molecule has 1 N–H and O–H groups in total. The van der Waals surface area contributed by atoms with Gasteiger partial charge in [-0.2, -0.15) is 9.97 Å². The Morgan fingerprint density at radius 1 is 0.689 bits per heavy atom. The minimum Gasteiger partial charge on any atom is -0.345 e. The Morgan fingerprint density at radius 3 is 1.72 bits per heavy atom. The van der Waals surface area contributed by atoms with Gasteiger partial charge in [0.15, 0.2) is 11.6 Å². The summed E-state index contributed by atoms with van der Waals surface area (Å²) >= 11 is 5.92. The Hall–Kier alpha value is -6.29. The van der Waals surface area contributed by atoms with Crippen molar-refractivity contribution in [1.29, 1.82) is 0 Å². The van der Waals surface area contributed by atoms with E-state index >= 15 is 0 Å². The van der Waals surface area contributed by atoms with E-state index in [-0.39, 0.29) is 40.8 Å². The summed E-state index contributed by atoms with van der Waals surface area (Å²) < 4.78 is 27.6. The number of hydrogen-bond donors (Lipinski definition) is 1. The molecule has 0 radical (unpaired) electrons. The number of carbonyl (C=O) groups is 2. The number of halogens is 3. The quantitative estimate of drug-likeness (QED) is 0.143. The maximum atomic E-state index is 13.3. The SMILES string of the molecule is CC[C@@H]1C(=O)N(C)c2cnc(-n3ccnc3-c3ccc(F)cc3)nc2N1CC1CC1.CC[C@@H]1C(=O)N(C)c2cnc(Cl)nc2N1CC1CC1.Fc1ccc(-c2ncc[nH]2)cc1. The molecule has 2 fully saturated rings. The molecule has 0 spiro atoms. The van der Waals surface area contributed by atoms with Crippen molar-refractivity contribution in [2.45, 2.75) is 64.5 Å². The molecule has 0 bridgehead atoms. The van der Waals surface area contributed by atoms with Crippen LogP contribution in [0.1, 0.15) is 52.4 Å². The van der Waals surface area contributed by atoms with E-state index < -0.39 is 0 Å². The van der Waals surface area contributed by atoms with Crippen LogP contribution in [0.2, 0.25) is 5.28 Å². The number of benzene rings is 2. The van der Waals surface area contributed by atoms with E-state index in [1.54, 1.807) is 89.9 Å². The van der Waals surface area contributed by atoms with E-state index in [2.05, 4.69) is 39.7 Å². The van der Waals surface area contributed by atoms with Gasteiger partial charge in [-0.05, 0) is 110 Å². The Kier molecular flexibility index (Phi) is 12.1. The third kappa shape index (κ3) is 8.95. The maximum absolute atomic E-state index is 13.3. The monoisotopic (exact) mass is 848 g/mol. The van der Waals surface area contributed by atoms with Crippen LogP contribution in [0.15, 0.2) is 85.7 Å². The van der Waals surface area contributed by atoms with Gasteiger partial charge in [0.1, 0.15) is 46.7 Å². The van der Waals surface area contributed by atoms with Gasteiger partial charge in [0, 0.05) is 63.1 Å². The fraction of sp³-hybridized carbons (Fsp3) is 0.364. The highest BCUT2D eigenvalue weighted by Crippen LogP contribution is 2.40. The lowest BCUT2D eigenvalue weighted by Crippen LogP contribution is -2.53. The molecule has 2 saturated carbocycles. The lowest BCUT2D eigenvalue weighted by atomic mass is 10.1. The number of likely N-dealkylation sites (N-methyl/N-ethyl adjacent to an activating group) is 2. The van der Waals surface area contributed by atoms with Crippen molar-refractivity contribution in [3.8, 4) is 28.7 Å². The zero-order valence-electron chi connectivity index (χ0n) is 34.4. The van der Waals surface area contributed by atoms with Crippen LogP contribution >= 0.6 is 11.6 Å². The van der Waals surface area contributed by atoms with E-state index in [1.807, 2.05) is 13.8 Å². The van der Waals surface area contributed by atoms with Crippen molar-refractivity contribution in [2.24, 2.45) is 11.8 Å². The Balaban J connectivity index is 0.000000141. The molecule has 6 heterocycles. The largest absolute Gasteiger partial charge is 0.345 e. The molecule has 61 heavy (non-hydrogen) atoms. The molecule has 2 aliphatic heterocycles. The summed E-state index contributed by atoms with van der Waals surface area (Å²) in [4.78, 5) is 62.0. The van der Waals surface area contributed by atoms with Crippen LogP contribution in [0.4, 0.5) is 31.8 Å². The second-order valence-corrected chi connectivity index (χ2v) is 16.0. The summed E-state index contributed by atoms with van der Waals surface area (Å²) in [7, 11) is 3.55. The first-order chi connectivity index (χ1) is 29.5. The lowest BCUT2D eigenvalue weighted by molar-refractivity contribution is -0.120. The van der Waals surface area contributed by atoms with Crippen molar-refractivity contribution < 1.29 is 18.4 Å². The molecule has 4 aromatic heterocycles. The van der Waals surface area contributed by atoms with Crippen LogP contribution in [-0.2, 0) is 9.59 Å². The summed E-state index contributed by atoms with van der Waals surface area (Å²) in [6, 6.07) is 12.0. The summed E-state index contributed by atoms with van der Waals surface area (Å²) in [5.74, 6) is 4.41. The molecule has 17 heteroatoms. The zero-order chi connectivity index (χ0) is 42.8. The van der Waals surface area contributed by atoms with Gasteiger partial charge in [0.2, 0.25) is 23.0 Å². The molecule has 2 atom stereocenters. The van der Waals surface area contributed by atoms with Crippen molar-refractivity contribution in [2.75, 3.05) is 46.8 Å². The van der Waals surface area contributed by atoms with Crippen LogP contribution in [0, 0.1) is 23.5 Å². The van der Waals surface area contributed by atoms with Crippen molar-refractivity contribution in [3.05, 3.63) is 103 Å². The standard InChI is InChI=1S/C22H23FN6O.C13H17ClN4O.C9H7FN2/c1-3-17-21(30)27(2)18-12-25-22(26-20(18)29(17)13-14-4-5-14)28-11-10-24-19(28)15-6-8-16(23)9-7-15;1-3-9-12(19)17(2)10-6-15-13(14)16-11(10)18(9)7-8-4-5-8;10-8-3-1-7(2-4-8)9-11-5-6-12-9/h6-12,14,17H,3-5,13H2,1-2H3;6,8-9H,3-5,7H2,1-2H3;1-6H,(H,11,12)/t17-;9-;/m11./s1. The van der Waals surface area contributed by atoms with Gasteiger partial charge in [0.25, 0.3) is 0 Å². The number of hydrogen-bond acceptors (Lipinski definition) is 10. The minimum atomic E-state index is -0.295. The second kappa shape index (κ2) is 17.7. The van der Waals surface area contributed by atoms with Gasteiger partial charge in [-0.1, -0.05) is 13.8 Å². The first kappa shape index (κ1) is 41.4. The fourth-order valence-corrected chi connectivity index (χ4v) is 7.77. The van der Waals surface area contributed by atoms with Crippen molar-refractivity contribution in [1.82, 2.24) is 39.5 Å². The number of carbonyl (C=O) groups excluding carboxylic acids is 2. The molecule has 2 aromatic carbocycles. The molecule has 0 unspecified atom stereocenters. The van der Waals surface area contributed by atoms with Crippen LogP contribution in [0.25, 0.3) is 28.7 Å². The molecule has 0 saturated heterocycles. The first-order valence-corrected chi connectivity index (χ1v) is 20.9. The first-order valence-electron chi connectivity index (χ1n) is 20.6. The Bertz CT molecular complexity index is 2480. The predicted octanol–water partition coefficient (Wildman–Crippen LogP) is 7.76. The molecule has 316 valence electrons. The highest BCUT2D eigenvalue weighted by molar-refractivity contribution is 6.28. The molecular weight excluding hydrogens is 802 g/mol. The van der Waals surface area contributed by atoms with E-state index in [4.69, 9.17) is 16.6 Å². The van der Waals surface area contributed by atoms with Crippen molar-refractivity contribution in [3.63, 3.8) is 0 Å². The second-order valence-electron chi connectivity index (χ2n) is 15.6. The molecule has 4 aliphatic rings. The lowest BCUT2D eigenvalue weighted by Gasteiger charge is -2.40. The van der Waals surface area contributed by atoms with E-state index in [1.165, 1.54) is 49.9 Å². The van der Waals surface area contributed by atoms with Gasteiger partial charge >= 0.3 is 0 Å². The molecule has 2 aliphatic carbocycles. The average Bonchev–Trinajstić information content (AvgIpc) is 4.16. The molecular formula is C44H47ClF2N12O2. The average molecular weight is 849 g/mol. The number of anilines is 4. The highest BCUT2D eigenvalue weighted by atomic mass is 35.5. The third-order valence-corrected chi connectivity index (χ3v) is 11.5. The van der Waals surface area contributed by atoms with Crippen molar-refractivity contribution >= 4 is 46.4 Å². The number of rotatable bonds is 9. The maximum Gasteiger partial charge on any atom is 0.249 e. The number of imidazole rings is 2. The van der Waals surface area contributed by atoms with Crippen LogP contribution in [0.3, 0.4) is 0 Å². The number of nitrogens with zero attached hydrogens (tertiary/aromatic N) is 11. The minimum absolute atomic E-state index is 0.0802. The number of amides is 2. The Morgan fingerprint density at radius 2 is 1.21 bits per heavy atom. The summed E-state index contributed by atoms with van der Waals surface area (Å²) in [5, 5.41) is 0.233. The molecule has 10 rings (SSSR count). The van der Waals surface area contributed by atoms with Gasteiger partial charge in [0.05, 0.1) is 12.4 Å². The Labute approximate surface area is 357 Å². The summed E-state index contributed by atoms with van der Waals surface area (Å²) in [5.41, 5.74) is 3.13. The van der Waals surface area contributed by atoms with Gasteiger partial charge in [-0.25, -0.2) is 28.7 Å². The summed E-state index contributed by atoms with van der Waals surface area (Å²) in [6.45, 7) is 5.78. The third-order valence-electron chi connectivity index (χ3n) is 11.4. The number of H-pyrrole nitrogens is 1. The molecule has 6 aromatic rings. The van der Waals surface area contributed by atoms with Crippen LogP contribution in [-0.4, -0.2) is 90.5 Å². The number of aromatic amines is 1. The number of aromatic nitrogens is 8. The highest BCUT2D eigenvalue weighted by Gasteiger charge is 2.41.